The number of carbonyl (C=O) groups is 1. The molecule has 0 aromatic rings. The molecule has 19 heavy (non-hydrogen) atoms. The molecule has 4 heteroatoms. The number of alkyl carbamates (subject to hydrolysis) is 1. The average molecular weight is 272 g/mol. The molecule has 0 aliphatic heterocycles. The number of rotatable bonds is 7. The van der Waals surface area contributed by atoms with Crippen molar-refractivity contribution in [3.8, 4) is 0 Å². The van der Waals surface area contributed by atoms with Crippen LogP contribution in [0.3, 0.4) is 0 Å². The maximum Gasteiger partial charge on any atom is 0.407 e. The standard InChI is InChI=1S/C15H32N2O2/c1-8-12(17-13(9-2)11(3)4)10-16-14(18)19-15(5,6)7/h11-13,17H,8-10H2,1-7H3,(H,16,18). The van der Waals surface area contributed by atoms with Crippen LogP contribution in [-0.4, -0.2) is 30.3 Å². The van der Waals surface area contributed by atoms with Gasteiger partial charge in [-0.25, -0.2) is 4.79 Å². The van der Waals surface area contributed by atoms with Gasteiger partial charge >= 0.3 is 6.09 Å². The number of ether oxygens (including phenoxy) is 1. The first kappa shape index (κ1) is 18.2. The van der Waals surface area contributed by atoms with E-state index in [1.54, 1.807) is 0 Å². The maximum absolute atomic E-state index is 11.6. The maximum atomic E-state index is 11.6. The molecular weight excluding hydrogens is 240 g/mol. The molecule has 0 heterocycles. The first-order valence-electron chi connectivity index (χ1n) is 7.42. The zero-order chi connectivity index (χ0) is 15.1. The molecule has 4 nitrogen and oxygen atoms in total. The van der Waals surface area contributed by atoms with E-state index in [1.165, 1.54) is 0 Å². The Bertz CT molecular complexity index is 259. The van der Waals surface area contributed by atoms with Crippen molar-refractivity contribution in [1.82, 2.24) is 10.6 Å². The summed E-state index contributed by atoms with van der Waals surface area (Å²) in [5.41, 5.74) is -0.441. The molecule has 0 aromatic heterocycles. The Kier molecular flexibility index (Phi) is 8.07. The Hall–Kier alpha value is -0.770. The predicted octanol–water partition coefficient (Wildman–Crippen LogP) is 3.31. The van der Waals surface area contributed by atoms with Crippen LogP contribution in [0.25, 0.3) is 0 Å². The Balaban J connectivity index is 4.16. The number of hydrogen-bond acceptors (Lipinski definition) is 3. The van der Waals surface area contributed by atoms with Gasteiger partial charge in [0.05, 0.1) is 0 Å². The van der Waals surface area contributed by atoms with Crippen molar-refractivity contribution in [2.45, 2.75) is 79.0 Å². The normalized spacial score (nSPS) is 15.2. The molecule has 2 N–H and O–H groups in total. The van der Waals surface area contributed by atoms with Crippen LogP contribution in [0.5, 0.6) is 0 Å². The van der Waals surface area contributed by atoms with Gasteiger partial charge in [-0.3, -0.25) is 0 Å². The lowest BCUT2D eigenvalue weighted by Gasteiger charge is -2.27. The predicted molar refractivity (Wildman–Crippen MR) is 80.4 cm³/mol. The smallest absolute Gasteiger partial charge is 0.407 e. The molecule has 0 aliphatic carbocycles. The number of nitrogens with one attached hydrogen (secondary N) is 2. The summed E-state index contributed by atoms with van der Waals surface area (Å²) in [5, 5.41) is 6.44. The van der Waals surface area contributed by atoms with Gasteiger partial charge in [0.15, 0.2) is 0 Å². The van der Waals surface area contributed by atoms with Gasteiger partial charge in [0.1, 0.15) is 5.60 Å². The van der Waals surface area contributed by atoms with Crippen LogP contribution in [0, 0.1) is 5.92 Å². The van der Waals surface area contributed by atoms with Crippen molar-refractivity contribution in [3.63, 3.8) is 0 Å². The monoisotopic (exact) mass is 272 g/mol. The molecule has 0 aliphatic rings. The molecule has 0 spiro atoms. The van der Waals surface area contributed by atoms with Gasteiger partial charge in [0.2, 0.25) is 0 Å². The van der Waals surface area contributed by atoms with Gasteiger partial charge in [-0.1, -0.05) is 27.7 Å². The van der Waals surface area contributed by atoms with E-state index in [-0.39, 0.29) is 6.09 Å². The summed E-state index contributed by atoms with van der Waals surface area (Å²) in [4.78, 5) is 11.6. The molecule has 0 saturated heterocycles. The van der Waals surface area contributed by atoms with Gasteiger partial charge in [-0.2, -0.15) is 0 Å². The SMILES string of the molecule is CCC(CNC(=O)OC(C)(C)C)NC(CC)C(C)C. The van der Waals surface area contributed by atoms with Gasteiger partial charge in [-0.05, 0) is 39.5 Å². The summed E-state index contributed by atoms with van der Waals surface area (Å²) in [6.45, 7) is 15.0. The highest BCUT2D eigenvalue weighted by atomic mass is 16.6. The minimum absolute atomic E-state index is 0.292. The minimum Gasteiger partial charge on any atom is -0.444 e. The molecule has 0 radical (unpaired) electrons. The lowest BCUT2D eigenvalue weighted by molar-refractivity contribution is 0.0521. The van der Waals surface area contributed by atoms with Crippen LogP contribution in [0.2, 0.25) is 0 Å². The summed E-state index contributed by atoms with van der Waals surface area (Å²) in [7, 11) is 0. The molecule has 0 fully saturated rings. The molecular formula is C15H32N2O2. The fourth-order valence-corrected chi connectivity index (χ4v) is 1.93. The highest BCUT2D eigenvalue weighted by Gasteiger charge is 2.19. The second kappa shape index (κ2) is 8.41. The van der Waals surface area contributed by atoms with Crippen LogP contribution in [-0.2, 0) is 4.74 Å². The van der Waals surface area contributed by atoms with E-state index in [9.17, 15) is 4.79 Å². The molecule has 0 rings (SSSR count). The Labute approximate surface area is 118 Å². The summed E-state index contributed by atoms with van der Waals surface area (Å²) >= 11 is 0. The van der Waals surface area contributed by atoms with Crippen molar-refractivity contribution in [3.05, 3.63) is 0 Å². The van der Waals surface area contributed by atoms with Crippen LogP contribution in [0.4, 0.5) is 4.79 Å². The summed E-state index contributed by atoms with van der Waals surface area (Å²) in [6.07, 6.45) is 1.74. The first-order valence-corrected chi connectivity index (χ1v) is 7.42. The third-order valence-corrected chi connectivity index (χ3v) is 3.08. The zero-order valence-corrected chi connectivity index (χ0v) is 13.7. The van der Waals surface area contributed by atoms with Crippen molar-refractivity contribution in [2.24, 2.45) is 5.92 Å². The van der Waals surface area contributed by atoms with Crippen LogP contribution in [0.1, 0.15) is 61.3 Å². The lowest BCUT2D eigenvalue weighted by atomic mass is 10.0. The van der Waals surface area contributed by atoms with E-state index in [1.807, 2.05) is 20.8 Å². The first-order chi connectivity index (χ1) is 8.69. The lowest BCUT2D eigenvalue weighted by Crippen LogP contribution is -2.47. The third kappa shape index (κ3) is 8.87. The number of amides is 1. The molecule has 2 unspecified atom stereocenters. The highest BCUT2D eigenvalue weighted by Crippen LogP contribution is 2.08. The Morgan fingerprint density at radius 3 is 2.11 bits per heavy atom. The molecule has 114 valence electrons. The van der Waals surface area contributed by atoms with E-state index >= 15 is 0 Å². The van der Waals surface area contributed by atoms with Gasteiger partial charge in [-0.15, -0.1) is 0 Å². The number of carbonyl (C=O) groups excluding carboxylic acids is 1. The van der Waals surface area contributed by atoms with E-state index in [0.717, 1.165) is 12.8 Å². The molecule has 1 amide bonds. The van der Waals surface area contributed by atoms with Gasteiger partial charge in [0.25, 0.3) is 0 Å². The molecule has 2 atom stereocenters. The van der Waals surface area contributed by atoms with E-state index in [0.29, 0.717) is 24.5 Å². The van der Waals surface area contributed by atoms with E-state index < -0.39 is 5.60 Å². The summed E-state index contributed by atoms with van der Waals surface area (Å²) < 4.78 is 5.23. The van der Waals surface area contributed by atoms with Crippen LogP contribution < -0.4 is 10.6 Å². The van der Waals surface area contributed by atoms with Crippen molar-refractivity contribution < 1.29 is 9.53 Å². The topological polar surface area (TPSA) is 50.4 Å². The quantitative estimate of drug-likeness (QED) is 0.747. The Morgan fingerprint density at radius 1 is 1.16 bits per heavy atom. The second-order valence-corrected chi connectivity index (χ2v) is 6.41. The van der Waals surface area contributed by atoms with Crippen molar-refractivity contribution >= 4 is 6.09 Å². The van der Waals surface area contributed by atoms with Crippen molar-refractivity contribution in [2.75, 3.05) is 6.54 Å². The van der Waals surface area contributed by atoms with Crippen LogP contribution >= 0.6 is 0 Å². The Morgan fingerprint density at radius 2 is 1.74 bits per heavy atom. The van der Waals surface area contributed by atoms with Gasteiger partial charge in [0, 0.05) is 18.6 Å². The van der Waals surface area contributed by atoms with Crippen molar-refractivity contribution in [1.29, 1.82) is 0 Å². The zero-order valence-electron chi connectivity index (χ0n) is 13.7. The molecule has 0 aromatic carbocycles. The van der Waals surface area contributed by atoms with E-state index in [2.05, 4.69) is 38.3 Å². The largest absolute Gasteiger partial charge is 0.444 e. The summed E-state index contributed by atoms with van der Waals surface area (Å²) in [5.74, 6) is 0.598. The van der Waals surface area contributed by atoms with Crippen LogP contribution in [0.15, 0.2) is 0 Å². The second-order valence-electron chi connectivity index (χ2n) is 6.41. The summed E-state index contributed by atoms with van der Waals surface area (Å²) in [6, 6.07) is 0.783. The third-order valence-electron chi connectivity index (χ3n) is 3.08. The number of hydrogen-bond donors (Lipinski definition) is 2. The highest BCUT2D eigenvalue weighted by molar-refractivity contribution is 5.67. The average Bonchev–Trinajstić information content (AvgIpc) is 2.26. The van der Waals surface area contributed by atoms with Gasteiger partial charge < -0.3 is 15.4 Å². The van der Waals surface area contributed by atoms with E-state index in [4.69, 9.17) is 4.74 Å². The fourth-order valence-electron chi connectivity index (χ4n) is 1.93. The molecule has 0 bridgehead atoms. The minimum atomic E-state index is -0.441. The fraction of sp³-hybridized carbons (Fsp3) is 0.933. The molecule has 0 saturated carbocycles.